The van der Waals surface area contributed by atoms with Crippen LogP contribution in [0.25, 0.3) is 16.5 Å². The Hall–Kier alpha value is -4.38. The fourth-order valence-electron chi connectivity index (χ4n) is 3.39. The highest BCUT2D eigenvalue weighted by Gasteiger charge is 2.23. The van der Waals surface area contributed by atoms with Crippen LogP contribution < -0.4 is 25.1 Å². The molecule has 1 N–H and O–H groups in total. The van der Waals surface area contributed by atoms with Gasteiger partial charge in [-0.2, -0.15) is 9.78 Å². The van der Waals surface area contributed by atoms with Gasteiger partial charge in [0.15, 0.2) is 12.3 Å². The number of hydrogen-bond acceptors (Lipinski definition) is 9. The van der Waals surface area contributed by atoms with Crippen molar-refractivity contribution in [3.05, 3.63) is 70.0 Å². The fraction of sp³-hybridized carbons (Fsp3) is 0.200. The number of nitrogens with zero attached hydrogens (tertiary/aromatic N) is 2. The number of aromatic nitrogens is 2. The first-order valence-electron chi connectivity index (χ1n) is 10.9. The number of thiophene rings is 1. The summed E-state index contributed by atoms with van der Waals surface area (Å²) in [6.45, 7) is 1.53. The third-order valence-corrected chi connectivity index (χ3v) is 6.00. The molecule has 0 aliphatic rings. The molecule has 0 unspecified atom stereocenters. The first-order chi connectivity index (χ1) is 17.4. The van der Waals surface area contributed by atoms with Gasteiger partial charge in [-0.15, -0.1) is 11.3 Å². The van der Waals surface area contributed by atoms with Crippen molar-refractivity contribution in [2.24, 2.45) is 0 Å². The second-order valence-corrected chi connectivity index (χ2v) is 8.23. The van der Waals surface area contributed by atoms with Crippen LogP contribution in [0.15, 0.2) is 58.7 Å². The number of carbonyl (C=O) groups is 2. The molecule has 10 nitrogen and oxygen atoms in total. The molecule has 2 heterocycles. The Kier molecular flexibility index (Phi) is 7.50. The molecule has 1 amide bonds. The molecule has 4 rings (SSSR count). The molecule has 0 aliphatic heterocycles. The summed E-state index contributed by atoms with van der Waals surface area (Å²) < 4.78 is 22.1. The minimum Gasteiger partial charge on any atom is -0.497 e. The Labute approximate surface area is 210 Å². The number of fused-ring (bicyclic) bond motifs is 1. The van der Waals surface area contributed by atoms with Gasteiger partial charge < -0.3 is 24.3 Å². The zero-order chi connectivity index (χ0) is 25.7. The van der Waals surface area contributed by atoms with Crippen LogP contribution in [0.3, 0.4) is 0 Å². The predicted molar refractivity (Wildman–Crippen MR) is 135 cm³/mol. The zero-order valence-corrected chi connectivity index (χ0v) is 20.6. The van der Waals surface area contributed by atoms with Crippen molar-refractivity contribution in [1.29, 1.82) is 0 Å². The molecule has 2 aromatic carbocycles. The predicted octanol–water partition coefficient (Wildman–Crippen LogP) is 3.66. The van der Waals surface area contributed by atoms with E-state index in [-0.39, 0.29) is 34.7 Å². The van der Waals surface area contributed by atoms with Crippen molar-refractivity contribution in [1.82, 2.24) is 9.78 Å². The molecule has 2 aromatic heterocycles. The molecule has 0 spiro atoms. The highest BCUT2D eigenvalue weighted by atomic mass is 32.1. The van der Waals surface area contributed by atoms with Crippen LogP contribution in [0.2, 0.25) is 0 Å². The van der Waals surface area contributed by atoms with Gasteiger partial charge in [-0.05, 0) is 43.3 Å². The molecule has 0 atom stereocenters. The standard InChI is InChI=1S/C25H23N3O7S/c1-4-34-25(31)22-19-14-36-23(26-20(29)13-35-17-10-8-16(32-2)9-11-17)21(19)24(30)28(27-22)15-6-5-7-18(12-15)33-3/h5-12,14H,4,13H2,1-3H3,(H,26,29). The Morgan fingerprint density at radius 3 is 2.44 bits per heavy atom. The third kappa shape index (κ3) is 5.15. The van der Waals surface area contributed by atoms with Crippen LogP contribution >= 0.6 is 11.3 Å². The maximum absolute atomic E-state index is 13.5. The van der Waals surface area contributed by atoms with E-state index in [4.69, 9.17) is 18.9 Å². The van der Waals surface area contributed by atoms with E-state index >= 15 is 0 Å². The van der Waals surface area contributed by atoms with E-state index in [9.17, 15) is 14.4 Å². The number of hydrogen-bond donors (Lipinski definition) is 1. The third-order valence-electron chi connectivity index (χ3n) is 5.10. The van der Waals surface area contributed by atoms with E-state index in [1.54, 1.807) is 67.9 Å². The Morgan fingerprint density at radius 2 is 1.75 bits per heavy atom. The minimum atomic E-state index is -0.683. The summed E-state index contributed by atoms with van der Waals surface area (Å²) in [4.78, 5) is 38.8. The lowest BCUT2D eigenvalue weighted by Gasteiger charge is -2.11. The molecule has 36 heavy (non-hydrogen) atoms. The monoisotopic (exact) mass is 509 g/mol. The number of esters is 1. The molecule has 0 saturated heterocycles. The SMILES string of the molecule is CCOC(=O)c1nn(-c2cccc(OC)c2)c(=O)c2c(NC(=O)COc3ccc(OC)cc3)scc12. The van der Waals surface area contributed by atoms with Gasteiger partial charge in [0.25, 0.3) is 11.5 Å². The average molecular weight is 510 g/mol. The smallest absolute Gasteiger partial charge is 0.359 e. The molecule has 0 fully saturated rings. The summed E-state index contributed by atoms with van der Waals surface area (Å²) in [6.07, 6.45) is 0. The lowest BCUT2D eigenvalue weighted by molar-refractivity contribution is -0.118. The largest absolute Gasteiger partial charge is 0.497 e. The molecular weight excluding hydrogens is 486 g/mol. The molecule has 0 bridgehead atoms. The van der Waals surface area contributed by atoms with Crippen LogP contribution in [-0.4, -0.2) is 49.1 Å². The van der Waals surface area contributed by atoms with Gasteiger partial charge in [-0.1, -0.05) is 6.07 Å². The molecule has 0 saturated carbocycles. The second kappa shape index (κ2) is 10.9. The highest BCUT2D eigenvalue weighted by molar-refractivity contribution is 7.16. The van der Waals surface area contributed by atoms with E-state index in [2.05, 4.69) is 10.4 Å². The summed E-state index contributed by atoms with van der Waals surface area (Å²) in [5.41, 5.74) is -0.169. The number of nitrogens with one attached hydrogen (secondary N) is 1. The van der Waals surface area contributed by atoms with E-state index in [0.29, 0.717) is 22.9 Å². The van der Waals surface area contributed by atoms with Crippen molar-refractivity contribution < 1.29 is 28.5 Å². The van der Waals surface area contributed by atoms with Gasteiger partial charge >= 0.3 is 5.97 Å². The first kappa shape index (κ1) is 24.7. The van der Waals surface area contributed by atoms with Crippen molar-refractivity contribution in [3.8, 4) is 22.9 Å². The van der Waals surface area contributed by atoms with Crippen molar-refractivity contribution >= 4 is 39.0 Å². The topological polar surface area (TPSA) is 118 Å². The van der Waals surface area contributed by atoms with Gasteiger partial charge in [0.05, 0.1) is 31.9 Å². The minimum absolute atomic E-state index is 0.0412. The van der Waals surface area contributed by atoms with Gasteiger partial charge in [0.1, 0.15) is 22.2 Å². The van der Waals surface area contributed by atoms with E-state index in [0.717, 1.165) is 16.0 Å². The number of anilines is 1. The Morgan fingerprint density at radius 1 is 1.03 bits per heavy atom. The molecule has 0 radical (unpaired) electrons. The fourth-order valence-corrected chi connectivity index (χ4v) is 4.35. The molecule has 186 valence electrons. The van der Waals surface area contributed by atoms with Gasteiger partial charge in [-0.3, -0.25) is 9.59 Å². The van der Waals surface area contributed by atoms with Crippen LogP contribution in [0.5, 0.6) is 17.2 Å². The summed E-state index contributed by atoms with van der Waals surface area (Å²) in [5, 5.41) is 9.27. The quantitative estimate of drug-likeness (QED) is 0.340. The first-order valence-corrected chi connectivity index (χ1v) is 11.8. The van der Waals surface area contributed by atoms with Crippen LogP contribution in [0, 0.1) is 0 Å². The second-order valence-electron chi connectivity index (χ2n) is 7.35. The van der Waals surface area contributed by atoms with Crippen LogP contribution in [-0.2, 0) is 9.53 Å². The molecule has 0 aliphatic carbocycles. The molecule has 4 aromatic rings. The number of amides is 1. The Balaban J connectivity index is 1.69. The normalized spacial score (nSPS) is 10.6. The van der Waals surface area contributed by atoms with Gasteiger partial charge in [-0.25, -0.2) is 4.79 Å². The lowest BCUT2D eigenvalue weighted by Crippen LogP contribution is -2.26. The number of rotatable bonds is 9. The summed E-state index contributed by atoms with van der Waals surface area (Å²) in [5.74, 6) is 0.494. The van der Waals surface area contributed by atoms with Crippen LogP contribution in [0.4, 0.5) is 5.00 Å². The molecular formula is C25H23N3O7S. The van der Waals surface area contributed by atoms with Crippen molar-refractivity contribution in [2.75, 3.05) is 32.8 Å². The summed E-state index contributed by atoms with van der Waals surface area (Å²) in [7, 11) is 3.06. The lowest BCUT2D eigenvalue weighted by atomic mass is 10.2. The zero-order valence-electron chi connectivity index (χ0n) is 19.8. The van der Waals surface area contributed by atoms with Crippen LogP contribution in [0.1, 0.15) is 17.4 Å². The summed E-state index contributed by atoms with van der Waals surface area (Å²) in [6, 6.07) is 13.5. The van der Waals surface area contributed by atoms with Gasteiger partial charge in [0.2, 0.25) is 0 Å². The average Bonchev–Trinajstić information content (AvgIpc) is 3.32. The highest BCUT2D eigenvalue weighted by Crippen LogP contribution is 2.31. The maximum Gasteiger partial charge on any atom is 0.359 e. The van der Waals surface area contributed by atoms with E-state index in [1.165, 1.54) is 7.11 Å². The number of methoxy groups -OCH3 is 2. The Bertz CT molecular complexity index is 1460. The maximum atomic E-state index is 13.5. The van der Waals surface area contributed by atoms with Crippen molar-refractivity contribution in [2.45, 2.75) is 6.92 Å². The summed E-state index contributed by atoms with van der Waals surface area (Å²) >= 11 is 1.10. The van der Waals surface area contributed by atoms with E-state index < -0.39 is 17.4 Å². The van der Waals surface area contributed by atoms with Gasteiger partial charge in [0, 0.05) is 16.8 Å². The molecule has 11 heteroatoms. The number of ether oxygens (including phenoxy) is 4. The number of benzene rings is 2. The van der Waals surface area contributed by atoms with E-state index in [1.807, 2.05) is 0 Å². The number of carbonyl (C=O) groups excluding carboxylic acids is 2. The van der Waals surface area contributed by atoms with Crippen molar-refractivity contribution in [3.63, 3.8) is 0 Å².